The molecule has 1 amide bonds. The van der Waals surface area contributed by atoms with Gasteiger partial charge < -0.3 is 14.8 Å². The van der Waals surface area contributed by atoms with E-state index >= 15 is 0 Å². The number of rotatable bonds is 6. The fraction of sp³-hybridized carbons (Fsp3) is 0.273. The van der Waals surface area contributed by atoms with Crippen LogP contribution in [0.3, 0.4) is 0 Å². The molecule has 5 nitrogen and oxygen atoms in total. The number of fused-ring (bicyclic) bond motifs is 1. The van der Waals surface area contributed by atoms with Gasteiger partial charge in [-0.05, 0) is 54.8 Å². The van der Waals surface area contributed by atoms with Gasteiger partial charge in [0.25, 0.3) is 5.91 Å². The summed E-state index contributed by atoms with van der Waals surface area (Å²) in [5, 5.41) is 5.27. The summed E-state index contributed by atoms with van der Waals surface area (Å²) < 4.78 is 23.8. The van der Waals surface area contributed by atoms with Crippen LogP contribution in [0, 0.1) is 5.82 Å². The molecule has 0 aliphatic heterocycles. The van der Waals surface area contributed by atoms with E-state index in [-0.39, 0.29) is 18.3 Å². The number of amides is 1. The first-order valence-electron chi connectivity index (χ1n) is 9.55. The largest absolute Gasteiger partial charge is 0.489 e. The van der Waals surface area contributed by atoms with Crippen LogP contribution >= 0.6 is 22.7 Å². The van der Waals surface area contributed by atoms with Crippen molar-refractivity contribution in [1.82, 2.24) is 0 Å². The Kier molecular flexibility index (Phi) is 6.15. The Balaban J connectivity index is 1.47. The van der Waals surface area contributed by atoms with Crippen molar-refractivity contribution in [2.24, 2.45) is 0 Å². The van der Waals surface area contributed by atoms with Gasteiger partial charge in [-0.1, -0.05) is 6.07 Å². The summed E-state index contributed by atoms with van der Waals surface area (Å²) >= 11 is 2.75. The van der Waals surface area contributed by atoms with Gasteiger partial charge >= 0.3 is 5.97 Å². The Morgan fingerprint density at radius 3 is 2.83 bits per heavy atom. The predicted octanol–water partition coefficient (Wildman–Crippen LogP) is 5.45. The fourth-order valence-electron chi connectivity index (χ4n) is 3.43. The molecule has 3 aromatic rings. The van der Waals surface area contributed by atoms with Gasteiger partial charge in [-0.2, -0.15) is 0 Å². The third-order valence-electron chi connectivity index (χ3n) is 4.87. The molecule has 156 valence electrons. The van der Waals surface area contributed by atoms with Crippen molar-refractivity contribution in [3.8, 4) is 5.75 Å². The van der Waals surface area contributed by atoms with E-state index in [0.29, 0.717) is 21.2 Å². The monoisotopic (exact) mass is 445 g/mol. The van der Waals surface area contributed by atoms with Gasteiger partial charge in [0.15, 0.2) is 0 Å². The number of methoxy groups -OCH3 is 1. The van der Waals surface area contributed by atoms with Crippen LogP contribution in [-0.2, 0) is 24.2 Å². The smallest absolute Gasteiger partial charge is 0.341 e. The van der Waals surface area contributed by atoms with Crippen LogP contribution in [0.5, 0.6) is 5.75 Å². The zero-order valence-electron chi connectivity index (χ0n) is 16.3. The number of thiophene rings is 2. The molecular weight excluding hydrogens is 425 g/mol. The molecule has 0 fully saturated rings. The van der Waals surface area contributed by atoms with Crippen LogP contribution in [0.15, 0.2) is 35.7 Å². The van der Waals surface area contributed by atoms with E-state index in [1.54, 1.807) is 18.2 Å². The van der Waals surface area contributed by atoms with Gasteiger partial charge in [0, 0.05) is 16.5 Å². The number of hydrogen-bond donors (Lipinski definition) is 1. The molecule has 1 aliphatic rings. The Labute approximate surface area is 181 Å². The first-order valence-corrected chi connectivity index (χ1v) is 11.2. The summed E-state index contributed by atoms with van der Waals surface area (Å²) in [6.45, 7) is 0.230. The first-order chi connectivity index (χ1) is 14.5. The highest BCUT2D eigenvalue weighted by Crippen LogP contribution is 2.39. The Morgan fingerprint density at radius 2 is 2.03 bits per heavy atom. The maximum atomic E-state index is 13.2. The van der Waals surface area contributed by atoms with Gasteiger partial charge in [-0.25, -0.2) is 9.18 Å². The number of carbonyl (C=O) groups is 2. The van der Waals surface area contributed by atoms with Crippen molar-refractivity contribution in [2.45, 2.75) is 32.3 Å². The van der Waals surface area contributed by atoms with E-state index < -0.39 is 5.97 Å². The first kappa shape index (κ1) is 20.6. The molecule has 0 spiro atoms. The number of ether oxygens (including phenoxy) is 2. The number of halogens is 1. The number of nitrogens with one attached hydrogen (secondary N) is 1. The number of esters is 1. The van der Waals surface area contributed by atoms with Crippen LogP contribution in [0.25, 0.3) is 0 Å². The second-order valence-corrected chi connectivity index (χ2v) is 8.94. The standard InChI is InChI=1S/C22H20FNO4S2/c1-27-22(26)19-16-7-2-3-8-17(16)30-21(19)24-20(25)18-9-13(12-29-18)11-28-15-6-4-5-14(23)10-15/h4-6,9-10,12H,2-3,7-8,11H2,1H3,(H,24,25). The quantitative estimate of drug-likeness (QED) is 0.513. The molecule has 4 rings (SSSR count). The Morgan fingerprint density at radius 1 is 1.20 bits per heavy atom. The van der Waals surface area contributed by atoms with Crippen LogP contribution in [0.1, 0.15) is 48.9 Å². The molecule has 2 heterocycles. The van der Waals surface area contributed by atoms with E-state index in [9.17, 15) is 14.0 Å². The molecule has 1 N–H and O–H groups in total. The zero-order valence-corrected chi connectivity index (χ0v) is 18.0. The van der Waals surface area contributed by atoms with Crippen LogP contribution in [0.4, 0.5) is 9.39 Å². The lowest BCUT2D eigenvalue weighted by Gasteiger charge is -2.11. The lowest BCUT2D eigenvalue weighted by molar-refractivity contribution is 0.0601. The van der Waals surface area contributed by atoms with Crippen molar-refractivity contribution in [2.75, 3.05) is 12.4 Å². The van der Waals surface area contributed by atoms with Gasteiger partial charge in [0.2, 0.25) is 0 Å². The van der Waals surface area contributed by atoms with E-state index in [4.69, 9.17) is 9.47 Å². The third-order valence-corrected chi connectivity index (χ3v) is 7.05. The maximum Gasteiger partial charge on any atom is 0.341 e. The minimum absolute atomic E-state index is 0.230. The molecule has 8 heteroatoms. The van der Waals surface area contributed by atoms with Gasteiger partial charge in [-0.3, -0.25) is 4.79 Å². The van der Waals surface area contributed by atoms with E-state index in [2.05, 4.69) is 5.32 Å². The molecule has 0 atom stereocenters. The number of hydrogen-bond acceptors (Lipinski definition) is 6. The average Bonchev–Trinajstić information content (AvgIpc) is 3.36. The zero-order chi connectivity index (χ0) is 21.1. The number of carbonyl (C=O) groups excluding carboxylic acids is 2. The van der Waals surface area contributed by atoms with E-state index in [1.165, 1.54) is 41.9 Å². The lowest BCUT2D eigenvalue weighted by Crippen LogP contribution is -2.14. The summed E-state index contributed by atoms with van der Waals surface area (Å²) in [5.41, 5.74) is 2.30. The van der Waals surface area contributed by atoms with Crippen LogP contribution < -0.4 is 10.1 Å². The highest BCUT2D eigenvalue weighted by atomic mass is 32.1. The SMILES string of the molecule is COC(=O)c1c(NC(=O)c2cc(COc3cccc(F)c3)cs2)sc2c1CCCC2. The van der Waals surface area contributed by atoms with E-state index in [1.807, 2.05) is 5.38 Å². The lowest BCUT2D eigenvalue weighted by atomic mass is 9.95. The van der Waals surface area contributed by atoms with Crippen molar-refractivity contribution >= 4 is 39.6 Å². The molecule has 0 bridgehead atoms. The van der Waals surface area contributed by atoms with Crippen molar-refractivity contribution in [3.05, 3.63) is 68.0 Å². The normalized spacial score (nSPS) is 12.9. The molecule has 0 radical (unpaired) electrons. The van der Waals surface area contributed by atoms with Crippen molar-refractivity contribution < 1.29 is 23.5 Å². The minimum Gasteiger partial charge on any atom is -0.489 e. The fourth-order valence-corrected chi connectivity index (χ4v) is 5.49. The molecule has 0 unspecified atom stereocenters. The van der Waals surface area contributed by atoms with Gasteiger partial charge in [0.05, 0.1) is 17.6 Å². The summed E-state index contributed by atoms with van der Waals surface area (Å²) in [7, 11) is 1.35. The van der Waals surface area contributed by atoms with Crippen molar-refractivity contribution in [3.63, 3.8) is 0 Å². The maximum absolute atomic E-state index is 13.2. The Bertz CT molecular complexity index is 1090. The van der Waals surface area contributed by atoms with Gasteiger partial charge in [-0.15, -0.1) is 22.7 Å². The minimum atomic E-state index is -0.417. The highest BCUT2D eigenvalue weighted by Gasteiger charge is 2.27. The number of anilines is 1. The predicted molar refractivity (Wildman–Crippen MR) is 115 cm³/mol. The summed E-state index contributed by atoms with van der Waals surface area (Å²) in [4.78, 5) is 26.8. The second-order valence-electron chi connectivity index (χ2n) is 6.93. The molecule has 30 heavy (non-hydrogen) atoms. The highest BCUT2D eigenvalue weighted by molar-refractivity contribution is 7.17. The summed E-state index contributed by atoms with van der Waals surface area (Å²) in [6, 6.07) is 7.66. The number of benzene rings is 1. The average molecular weight is 446 g/mol. The molecule has 0 saturated carbocycles. The van der Waals surface area contributed by atoms with Crippen LogP contribution in [0.2, 0.25) is 0 Å². The second kappa shape index (κ2) is 8.97. The molecule has 0 saturated heterocycles. The number of aryl methyl sites for hydroxylation is 1. The Hall–Kier alpha value is -2.71. The molecule has 2 aromatic heterocycles. The van der Waals surface area contributed by atoms with Crippen molar-refractivity contribution in [1.29, 1.82) is 0 Å². The van der Waals surface area contributed by atoms with E-state index in [0.717, 1.165) is 41.7 Å². The topological polar surface area (TPSA) is 64.6 Å². The molecule has 1 aromatic carbocycles. The van der Waals surface area contributed by atoms with Crippen LogP contribution in [-0.4, -0.2) is 19.0 Å². The third kappa shape index (κ3) is 4.39. The van der Waals surface area contributed by atoms with Gasteiger partial charge in [0.1, 0.15) is 23.2 Å². The molecular formula is C22H20FNO4S2. The summed E-state index contributed by atoms with van der Waals surface area (Å²) in [5.74, 6) is -0.627. The molecule has 1 aliphatic carbocycles. The summed E-state index contributed by atoms with van der Waals surface area (Å²) in [6.07, 6.45) is 3.86.